The Kier molecular flexibility index (Phi) is 4.39. The number of ether oxygens (including phenoxy) is 1. The number of aliphatic hydroxyl groups is 1. The summed E-state index contributed by atoms with van der Waals surface area (Å²) >= 11 is 5.83. The fourth-order valence-corrected chi connectivity index (χ4v) is 3.19. The Bertz CT molecular complexity index is 770. The van der Waals surface area contributed by atoms with E-state index in [4.69, 9.17) is 16.3 Å². The van der Waals surface area contributed by atoms with Crippen molar-refractivity contribution in [3.63, 3.8) is 0 Å². The molecule has 1 aromatic carbocycles. The number of fused-ring (bicyclic) bond motifs is 1. The quantitative estimate of drug-likeness (QED) is 0.888. The van der Waals surface area contributed by atoms with Crippen LogP contribution in [0.5, 0.6) is 5.75 Å². The fourth-order valence-electron chi connectivity index (χ4n) is 3.07. The molecular weight excluding hydrogens is 342 g/mol. The van der Waals surface area contributed by atoms with Gasteiger partial charge in [-0.2, -0.15) is 5.10 Å². The van der Waals surface area contributed by atoms with Gasteiger partial charge in [0.1, 0.15) is 11.9 Å². The molecule has 0 spiro atoms. The highest BCUT2D eigenvalue weighted by Gasteiger charge is 2.33. The van der Waals surface area contributed by atoms with Crippen molar-refractivity contribution in [3.05, 3.63) is 46.7 Å². The second-order valence-corrected chi connectivity index (χ2v) is 7.06. The molecule has 2 heterocycles. The molecule has 1 saturated carbocycles. The van der Waals surface area contributed by atoms with Gasteiger partial charge in [-0.05, 0) is 49.1 Å². The standard InChI is InChI=1S/C18H20ClN3O3/c19-13-3-5-15(6-4-13)25-11-17(23)21-7-8-22-14(10-21)9-16(20-22)18(24)12-1-2-12/h3-6,9,12,18,24H,1-2,7-8,10-11H2. The summed E-state index contributed by atoms with van der Waals surface area (Å²) in [6, 6.07) is 8.86. The zero-order valence-corrected chi connectivity index (χ0v) is 14.5. The van der Waals surface area contributed by atoms with Gasteiger partial charge in [0.2, 0.25) is 0 Å². The Hall–Kier alpha value is -2.05. The Morgan fingerprint density at radius 1 is 1.32 bits per heavy atom. The molecule has 0 saturated heterocycles. The summed E-state index contributed by atoms with van der Waals surface area (Å²) < 4.78 is 7.43. The van der Waals surface area contributed by atoms with Gasteiger partial charge in [-0.25, -0.2) is 0 Å². The maximum Gasteiger partial charge on any atom is 0.260 e. The van der Waals surface area contributed by atoms with E-state index in [0.29, 0.717) is 36.3 Å². The first-order chi connectivity index (χ1) is 12.1. The van der Waals surface area contributed by atoms with E-state index in [2.05, 4.69) is 5.10 Å². The number of hydrogen-bond acceptors (Lipinski definition) is 4. The smallest absolute Gasteiger partial charge is 0.260 e. The number of amides is 1. The van der Waals surface area contributed by atoms with Gasteiger partial charge >= 0.3 is 0 Å². The molecule has 1 atom stereocenters. The lowest BCUT2D eigenvalue weighted by Crippen LogP contribution is -2.40. The predicted molar refractivity (Wildman–Crippen MR) is 92.3 cm³/mol. The molecule has 0 radical (unpaired) electrons. The highest BCUT2D eigenvalue weighted by molar-refractivity contribution is 6.30. The van der Waals surface area contributed by atoms with Gasteiger partial charge in [-0.1, -0.05) is 11.6 Å². The molecule has 1 fully saturated rings. The Labute approximate surface area is 151 Å². The summed E-state index contributed by atoms with van der Waals surface area (Å²) in [5.74, 6) is 0.906. The lowest BCUT2D eigenvalue weighted by atomic mass is 10.1. The first-order valence-corrected chi connectivity index (χ1v) is 8.89. The Balaban J connectivity index is 1.36. The zero-order valence-electron chi connectivity index (χ0n) is 13.8. The third-order valence-corrected chi connectivity index (χ3v) is 4.97. The molecule has 6 nitrogen and oxygen atoms in total. The van der Waals surface area contributed by atoms with Crippen LogP contribution in [0, 0.1) is 5.92 Å². The van der Waals surface area contributed by atoms with Crippen LogP contribution in [0.1, 0.15) is 30.3 Å². The summed E-state index contributed by atoms with van der Waals surface area (Å²) in [4.78, 5) is 14.2. The van der Waals surface area contributed by atoms with Crippen LogP contribution in [-0.4, -0.2) is 38.8 Å². The number of benzene rings is 1. The molecule has 4 rings (SSSR count). The van der Waals surface area contributed by atoms with Gasteiger partial charge in [-0.3, -0.25) is 9.48 Å². The fraction of sp³-hybridized carbons (Fsp3) is 0.444. The van der Waals surface area contributed by atoms with Crippen molar-refractivity contribution in [3.8, 4) is 5.75 Å². The van der Waals surface area contributed by atoms with Crippen molar-refractivity contribution in [2.75, 3.05) is 13.2 Å². The lowest BCUT2D eigenvalue weighted by molar-refractivity contribution is -0.134. The number of nitrogens with zero attached hydrogens (tertiary/aromatic N) is 3. The van der Waals surface area contributed by atoms with Crippen molar-refractivity contribution < 1.29 is 14.6 Å². The molecular formula is C18H20ClN3O3. The maximum absolute atomic E-state index is 12.4. The summed E-state index contributed by atoms with van der Waals surface area (Å²) in [6.07, 6.45) is 1.65. The van der Waals surface area contributed by atoms with Crippen LogP contribution in [0.4, 0.5) is 0 Å². The molecule has 7 heteroatoms. The summed E-state index contributed by atoms with van der Waals surface area (Å²) in [6.45, 7) is 1.72. The molecule has 1 unspecified atom stereocenters. The normalized spacial score (nSPS) is 17.9. The van der Waals surface area contributed by atoms with Gasteiger partial charge in [0.25, 0.3) is 5.91 Å². The number of rotatable bonds is 5. The van der Waals surface area contributed by atoms with E-state index < -0.39 is 6.10 Å². The molecule has 1 aromatic heterocycles. The second kappa shape index (κ2) is 6.69. The van der Waals surface area contributed by atoms with Gasteiger partial charge in [-0.15, -0.1) is 0 Å². The average molecular weight is 362 g/mol. The Morgan fingerprint density at radius 2 is 2.08 bits per heavy atom. The summed E-state index contributed by atoms with van der Waals surface area (Å²) in [5.41, 5.74) is 1.69. The molecule has 2 aromatic rings. The van der Waals surface area contributed by atoms with E-state index in [1.54, 1.807) is 29.2 Å². The lowest BCUT2D eigenvalue weighted by Gasteiger charge is -2.27. The van der Waals surface area contributed by atoms with Crippen molar-refractivity contribution in [2.45, 2.75) is 32.0 Å². The van der Waals surface area contributed by atoms with Crippen LogP contribution in [-0.2, 0) is 17.9 Å². The Morgan fingerprint density at radius 3 is 2.80 bits per heavy atom. The van der Waals surface area contributed by atoms with Crippen LogP contribution in [0.2, 0.25) is 5.02 Å². The number of halogens is 1. The minimum atomic E-state index is -0.476. The van der Waals surface area contributed by atoms with E-state index in [0.717, 1.165) is 24.2 Å². The van der Waals surface area contributed by atoms with Crippen molar-refractivity contribution in [2.24, 2.45) is 5.92 Å². The first-order valence-electron chi connectivity index (χ1n) is 8.51. The van der Waals surface area contributed by atoms with Crippen LogP contribution in [0.25, 0.3) is 0 Å². The van der Waals surface area contributed by atoms with Gasteiger partial charge < -0.3 is 14.7 Å². The summed E-state index contributed by atoms with van der Waals surface area (Å²) in [5, 5.41) is 15.4. The van der Waals surface area contributed by atoms with Crippen LogP contribution < -0.4 is 4.74 Å². The largest absolute Gasteiger partial charge is 0.484 e. The highest BCUT2D eigenvalue weighted by Crippen LogP contribution is 2.40. The minimum Gasteiger partial charge on any atom is -0.484 e. The highest BCUT2D eigenvalue weighted by atomic mass is 35.5. The number of aromatic nitrogens is 2. The van der Waals surface area contributed by atoms with Crippen LogP contribution in [0.15, 0.2) is 30.3 Å². The number of aliphatic hydroxyl groups excluding tert-OH is 1. The van der Waals surface area contributed by atoms with Gasteiger partial charge in [0, 0.05) is 11.6 Å². The van der Waals surface area contributed by atoms with Gasteiger partial charge in [0.05, 0.1) is 24.5 Å². The zero-order chi connectivity index (χ0) is 17.4. The SMILES string of the molecule is O=C(COc1ccc(Cl)cc1)N1CCn2nc(C(O)C3CC3)cc2C1. The topological polar surface area (TPSA) is 67.6 Å². The number of hydrogen-bond donors (Lipinski definition) is 1. The molecule has 132 valence electrons. The van der Waals surface area contributed by atoms with Crippen LogP contribution >= 0.6 is 11.6 Å². The number of carbonyl (C=O) groups is 1. The van der Waals surface area contributed by atoms with Crippen molar-refractivity contribution >= 4 is 17.5 Å². The third-order valence-electron chi connectivity index (χ3n) is 4.72. The molecule has 1 aliphatic heterocycles. The van der Waals surface area contributed by atoms with Gasteiger partial charge in [0.15, 0.2) is 6.61 Å². The molecule has 2 aliphatic rings. The monoisotopic (exact) mass is 361 g/mol. The van der Waals surface area contributed by atoms with Crippen molar-refractivity contribution in [1.29, 1.82) is 0 Å². The molecule has 1 amide bonds. The van der Waals surface area contributed by atoms with E-state index in [-0.39, 0.29) is 12.5 Å². The predicted octanol–water partition coefficient (Wildman–Crippen LogP) is 2.40. The van der Waals surface area contributed by atoms with Crippen LogP contribution in [0.3, 0.4) is 0 Å². The number of carbonyl (C=O) groups excluding carboxylic acids is 1. The van der Waals surface area contributed by atoms with E-state index in [1.165, 1.54) is 0 Å². The third kappa shape index (κ3) is 3.65. The van der Waals surface area contributed by atoms with Crippen molar-refractivity contribution in [1.82, 2.24) is 14.7 Å². The van der Waals surface area contributed by atoms with E-state index >= 15 is 0 Å². The molecule has 0 bridgehead atoms. The molecule has 1 N–H and O–H groups in total. The molecule has 25 heavy (non-hydrogen) atoms. The minimum absolute atomic E-state index is 0.00662. The van der Waals surface area contributed by atoms with E-state index in [9.17, 15) is 9.90 Å². The van der Waals surface area contributed by atoms with E-state index in [1.807, 2.05) is 10.7 Å². The molecule has 1 aliphatic carbocycles. The average Bonchev–Trinajstić information content (AvgIpc) is 3.38. The first kappa shape index (κ1) is 16.4. The second-order valence-electron chi connectivity index (χ2n) is 6.62. The maximum atomic E-state index is 12.4. The summed E-state index contributed by atoms with van der Waals surface area (Å²) in [7, 11) is 0.